The number of nitrogens with zero attached hydrogens (tertiary/aromatic N) is 2. The number of carbonyl (C=O) groups excluding carboxylic acids is 1. The number of aromatic nitrogens is 3. The molecule has 1 unspecified atom stereocenters. The Labute approximate surface area is 131 Å². The van der Waals surface area contributed by atoms with E-state index in [1.807, 2.05) is 24.4 Å². The van der Waals surface area contributed by atoms with Gasteiger partial charge in [0.15, 0.2) is 0 Å². The maximum absolute atomic E-state index is 12.4. The second-order valence-corrected chi connectivity index (χ2v) is 6.59. The fraction of sp³-hybridized carbons (Fsp3) is 0.312. The van der Waals surface area contributed by atoms with E-state index in [1.54, 1.807) is 17.5 Å². The fourth-order valence-electron chi connectivity index (χ4n) is 3.00. The summed E-state index contributed by atoms with van der Waals surface area (Å²) in [7, 11) is 0. The molecule has 1 aliphatic carbocycles. The SMILES string of the molecule is Cc1nc2c([nH]1)CC(NC(=O)c1cnc3sccc3c1)CC2. The molecular weight excluding hydrogens is 296 g/mol. The van der Waals surface area contributed by atoms with Crippen LogP contribution in [0.1, 0.15) is 34.0 Å². The average Bonchev–Trinajstić information content (AvgIpc) is 3.10. The highest BCUT2D eigenvalue weighted by Gasteiger charge is 2.23. The van der Waals surface area contributed by atoms with Crippen LogP contribution in [0.5, 0.6) is 0 Å². The van der Waals surface area contributed by atoms with Crippen molar-refractivity contribution >= 4 is 27.5 Å². The Hall–Kier alpha value is -2.21. The Morgan fingerprint density at radius 1 is 1.50 bits per heavy atom. The van der Waals surface area contributed by atoms with Gasteiger partial charge in [0, 0.05) is 29.7 Å². The molecule has 0 radical (unpaired) electrons. The molecule has 112 valence electrons. The first-order valence-corrected chi connectivity index (χ1v) is 8.25. The van der Waals surface area contributed by atoms with Gasteiger partial charge in [-0.3, -0.25) is 4.79 Å². The smallest absolute Gasteiger partial charge is 0.253 e. The van der Waals surface area contributed by atoms with Crippen molar-refractivity contribution < 1.29 is 4.79 Å². The number of amides is 1. The summed E-state index contributed by atoms with van der Waals surface area (Å²) < 4.78 is 0. The van der Waals surface area contributed by atoms with E-state index in [4.69, 9.17) is 0 Å². The van der Waals surface area contributed by atoms with Crippen LogP contribution in [-0.2, 0) is 12.8 Å². The number of aromatic amines is 1. The summed E-state index contributed by atoms with van der Waals surface area (Å²) in [5, 5.41) is 6.13. The molecule has 0 saturated carbocycles. The van der Waals surface area contributed by atoms with Gasteiger partial charge in [0.1, 0.15) is 10.7 Å². The number of hydrogen-bond donors (Lipinski definition) is 2. The number of H-pyrrole nitrogens is 1. The van der Waals surface area contributed by atoms with Gasteiger partial charge in [-0.25, -0.2) is 9.97 Å². The summed E-state index contributed by atoms with van der Waals surface area (Å²) in [5.74, 6) is 0.898. The molecule has 0 saturated heterocycles. The first kappa shape index (κ1) is 13.5. The number of rotatable bonds is 2. The average molecular weight is 312 g/mol. The van der Waals surface area contributed by atoms with E-state index in [1.165, 1.54) is 0 Å². The molecule has 5 nitrogen and oxygen atoms in total. The molecule has 0 aromatic carbocycles. The summed E-state index contributed by atoms with van der Waals surface area (Å²) in [4.78, 5) is 25.5. The van der Waals surface area contributed by atoms with Crippen molar-refractivity contribution in [3.05, 3.63) is 46.5 Å². The number of fused-ring (bicyclic) bond motifs is 2. The van der Waals surface area contributed by atoms with Gasteiger partial charge in [0.2, 0.25) is 0 Å². The zero-order valence-corrected chi connectivity index (χ0v) is 13.0. The number of thiophene rings is 1. The second-order valence-electron chi connectivity index (χ2n) is 5.70. The molecular formula is C16H16N4OS. The highest BCUT2D eigenvalue weighted by molar-refractivity contribution is 7.16. The molecule has 0 fully saturated rings. The van der Waals surface area contributed by atoms with Crippen LogP contribution >= 0.6 is 11.3 Å². The first-order valence-electron chi connectivity index (χ1n) is 7.37. The van der Waals surface area contributed by atoms with E-state index in [-0.39, 0.29) is 11.9 Å². The lowest BCUT2D eigenvalue weighted by Crippen LogP contribution is -2.38. The van der Waals surface area contributed by atoms with Crippen molar-refractivity contribution in [1.29, 1.82) is 0 Å². The van der Waals surface area contributed by atoms with Gasteiger partial charge in [-0.05, 0) is 37.3 Å². The lowest BCUT2D eigenvalue weighted by Gasteiger charge is -2.22. The van der Waals surface area contributed by atoms with E-state index in [2.05, 4.69) is 20.3 Å². The van der Waals surface area contributed by atoms with E-state index in [9.17, 15) is 4.79 Å². The maximum atomic E-state index is 12.4. The van der Waals surface area contributed by atoms with Crippen LogP contribution < -0.4 is 5.32 Å². The highest BCUT2D eigenvalue weighted by atomic mass is 32.1. The van der Waals surface area contributed by atoms with Crippen molar-refractivity contribution in [2.45, 2.75) is 32.2 Å². The lowest BCUT2D eigenvalue weighted by molar-refractivity contribution is 0.0933. The molecule has 1 atom stereocenters. The Morgan fingerprint density at radius 3 is 3.32 bits per heavy atom. The molecule has 3 aromatic rings. The van der Waals surface area contributed by atoms with Gasteiger partial charge < -0.3 is 10.3 Å². The monoisotopic (exact) mass is 312 g/mol. The summed E-state index contributed by atoms with van der Waals surface area (Å²) in [6.45, 7) is 1.97. The second kappa shape index (κ2) is 5.21. The van der Waals surface area contributed by atoms with E-state index < -0.39 is 0 Å². The van der Waals surface area contributed by atoms with Gasteiger partial charge in [0.05, 0.1) is 11.3 Å². The third-order valence-electron chi connectivity index (χ3n) is 4.07. The third-order valence-corrected chi connectivity index (χ3v) is 4.90. The van der Waals surface area contributed by atoms with Crippen molar-refractivity contribution in [3.63, 3.8) is 0 Å². The Morgan fingerprint density at radius 2 is 2.41 bits per heavy atom. The summed E-state index contributed by atoms with van der Waals surface area (Å²) in [6, 6.07) is 4.05. The Kier molecular flexibility index (Phi) is 3.18. The van der Waals surface area contributed by atoms with Crippen molar-refractivity contribution in [3.8, 4) is 0 Å². The minimum Gasteiger partial charge on any atom is -0.349 e. The molecule has 1 aliphatic rings. The molecule has 0 spiro atoms. The maximum Gasteiger partial charge on any atom is 0.253 e. The van der Waals surface area contributed by atoms with Gasteiger partial charge >= 0.3 is 0 Å². The zero-order valence-electron chi connectivity index (χ0n) is 12.2. The number of carbonyl (C=O) groups is 1. The van der Waals surface area contributed by atoms with Crippen LogP contribution in [0.25, 0.3) is 10.2 Å². The molecule has 0 bridgehead atoms. The van der Waals surface area contributed by atoms with Crippen molar-refractivity contribution in [1.82, 2.24) is 20.3 Å². The molecule has 2 N–H and O–H groups in total. The summed E-state index contributed by atoms with van der Waals surface area (Å²) in [5.41, 5.74) is 2.92. The largest absolute Gasteiger partial charge is 0.349 e. The van der Waals surface area contributed by atoms with E-state index >= 15 is 0 Å². The van der Waals surface area contributed by atoms with E-state index in [0.717, 1.165) is 46.7 Å². The molecule has 0 aliphatic heterocycles. The molecule has 4 rings (SSSR count). The third kappa shape index (κ3) is 2.39. The van der Waals surface area contributed by atoms with Crippen LogP contribution in [0.2, 0.25) is 0 Å². The number of imidazole rings is 1. The van der Waals surface area contributed by atoms with Crippen molar-refractivity contribution in [2.75, 3.05) is 0 Å². The topological polar surface area (TPSA) is 70.7 Å². The zero-order chi connectivity index (χ0) is 15.1. The van der Waals surface area contributed by atoms with Crippen LogP contribution in [0.15, 0.2) is 23.7 Å². The molecule has 3 aromatic heterocycles. The highest BCUT2D eigenvalue weighted by Crippen LogP contribution is 2.21. The standard InChI is InChI=1S/C16H16N4OS/c1-9-18-13-3-2-12(7-14(13)19-9)20-15(21)11-6-10-4-5-22-16(10)17-8-11/h4-6,8,12H,2-3,7H2,1H3,(H,18,19)(H,20,21). The minimum absolute atomic E-state index is 0.0507. The van der Waals surface area contributed by atoms with Crippen LogP contribution in [-0.4, -0.2) is 26.9 Å². The number of pyridine rings is 1. The van der Waals surface area contributed by atoms with Gasteiger partial charge in [-0.2, -0.15) is 0 Å². The molecule has 22 heavy (non-hydrogen) atoms. The predicted octanol–water partition coefficient (Wildman–Crippen LogP) is 2.62. The quantitative estimate of drug-likeness (QED) is 0.764. The summed E-state index contributed by atoms with van der Waals surface area (Å²) >= 11 is 1.58. The van der Waals surface area contributed by atoms with Gasteiger partial charge in [-0.1, -0.05) is 0 Å². The Bertz CT molecular complexity index is 851. The fourth-order valence-corrected chi connectivity index (χ4v) is 3.72. The van der Waals surface area contributed by atoms with Crippen LogP contribution in [0.4, 0.5) is 0 Å². The molecule has 1 amide bonds. The normalized spacial score (nSPS) is 17.4. The number of aryl methyl sites for hydroxylation is 2. The summed E-state index contributed by atoms with van der Waals surface area (Å²) in [6.07, 6.45) is 4.31. The molecule has 3 heterocycles. The number of nitrogens with one attached hydrogen (secondary N) is 2. The minimum atomic E-state index is -0.0507. The van der Waals surface area contributed by atoms with Gasteiger partial charge in [-0.15, -0.1) is 11.3 Å². The number of hydrogen-bond acceptors (Lipinski definition) is 4. The lowest BCUT2D eigenvalue weighted by atomic mass is 9.96. The van der Waals surface area contributed by atoms with Crippen LogP contribution in [0, 0.1) is 6.92 Å². The van der Waals surface area contributed by atoms with Crippen molar-refractivity contribution in [2.24, 2.45) is 0 Å². The van der Waals surface area contributed by atoms with Gasteiger partial charge in [0.25, 0.3) is 5.91 Å². The van der Waals surface area contributed by atoms with Crippen LogP contribution in [0.3, 0.4) is 0 Å². The first-order chi connectivity index (χ1) is 10.7. The molecule has 6 heteroatoms. The Balaban J connectivity index is 1.50. The van der Waals surface area contributed by atoms with E-state index in [0.29, 0.717) is 5.56 Å². The predicted molar refractivity (Wildman–Crippen MR) is 86.2 cm³/mol.